The van der Waals surface area contributed by atoms with Crippen molar-refractivity contribution in [3.8, 4) is 0 Å². The second-order valence-corrected chi connectivity index (χ2v) is 5.18. The maximum absolute atomic E-state index is 11.6. The van der Waals surface area contributed by atoms with E-state index in [4.69, 9.17) is 5.11 Å². The van der Waals surface area contributed by atoms with Crippen LogP contribution in [0.3, 0.4) is 0 Å². The van der Waals surface area contributed by atoms with Gasteiger partial charge in [-0.1, -0.05) is 0 Å². The van der Waals surface area contributed by atoms with E-state index in [1.54, 1.807) is 22.6 Å². The highest BCUT2D eigenvalue weighted by atomic mass is 32.2. The molecule has 0 bridgehead atoms. The number of carbonyl (C=O) groups excluding carboxylic acids is 1. The topological polar surface area (TPSA) is 96.3 Å². The molecule has 1 heterocycles. The van der Waals surface area contributed by atoms with Crippen molar-refractivity contribution in [2.75, 3.05) is 18.6 Å². The minimum atomic E-state index is -1.01. The highest BCUT2D eigenvalue weighted by Gasteiger charge is 2.18. The average molecular weight is 300 g/mol. The Morgan fingerprint density at radius 3 is 2.90 bits per heavy atom. The first kappa shape index (κ1) is 16.4. The van der Waals surface area contributed by atoms with Crippen LogP contribution in [0.25, 0.3) is 0 Å². The molecule has 0 saturated carbocycles. The van der Waals surface area contributed by atoms with Gasteiger partial charge in [0.15, 0.2) is 0 Å². The minimum absolute atomic E-state index is 0.414. The van der Waals surface area contributed by atoms with Crippen LogP contribution in [0.15, 0.2) is 18.5 Å². The van der Waals surface area contributed by atoms with Crippen molar-refractivity contribution in [2.45, 2.75) is 25.4 Å². The maximum atomic E-state index is 11.6. The van der Waals surface area contributed by atoms with Gasteiger partial charge in [0, 0.05) is 25.5 Å². The standard InChI is InChI=1S/C12H20N4O3S/c1-20-9-4-10(11(17)18)15-12(19)13-5-2-7-16-8-3-6-14-16/h3,6,8,10H,2,4-5,7,9H2,1H3,(H,17,18)(H2,13,15,19)/t10-/m1/s1. The number of aromatic nitrogens is 2. The van der Waals surface area contributed by atoms with Gasteiger partial charge in [0.2, 0.25) is 0 Å². The lowest BCUT2D eigenvalue weighted by atomic mass is 10.2. The Balaban J connectivity index is 2.18. The number of carboxylic acids is 1. The fourth-order valence-corrected chi connectivity index (χ4v) is 2.05. The predicted molar refractivity (Wildman–Crippen MR) is 77.8 cm³/mol. The zero-order chi connectivity index (χ0) is 14.8. The summed E-state index contributed by atoms with van der Waals surface area (Å²) >= 11 is 1.55. The van der Waals surface area contributed by atoms with E-state index in [0.717, 1.165) is 6.42 Å². The van der Waals surface area contributed by atoms with Gasteiger partial charge in [-0.25, -0.2) is 9.59 Å². The van der Waals surface area contributed by atoms with Crippen LogP contribution in [0.1, 0.15) is 12.8 Å². The molecule has 112 valence electrons. The molecule has 1 rings (SSSR count). The Hall–Kier alpha value is -1.70. The fourth-order valence-electron chi connectivity index (χ4n) is 1.58. The number of amides is 2. The summed E-state index contributed by atoms with van der Waals surface area (Å²) in [4.78, 5) is 22.5. The molecule has 0 unspecified atom stereocenters. The number of rotatable bonds is 9. The summed E-state index contributed by atoms with van der Waals surface area (Å²) < 4.78 is 1.78. The lowest BCUT2D eigenvalue weighted by molar-refractivity contribution is -0.139. The number of carbonyl (C=O) groups is 2. The van der Waals surface area contributed by atoms with Crippen LogP contribution in [0, 0.1) is 0 Å². The van der Waals surface area contributed by atoms with E-state index in [1.807, 2.05) is 18.5 Å². The van der Waals surface area contributed by atoms with E-state index in [1.165, 1.54) is 0 Å². The number of aryl methyl sites for hydroxylation is 1. The number of nitrogens with zero attached hydrogens (tertiary/aromatic N) is 2. The van der Waals surface area contributed by atoms with Gasteiger partial charge in [-0.05, 0) is 30.9 Å². The molecule has 1 aromatic rings. The molecule has 0 aliphatic carbocycles. The van der Waals surface area contributed by atoms with Crippen molar-refractivity contribution in [3.63, 3.8) is 0 Å². The molecule has 1 aromatic heterocycles. The van der Waals surface area contributed by atoms with Crippen LogP contribution in [0.2, 0.25) is 0 Å². The smallest absolute Gasteiger partial charge is 0.326 e. The third-order valence-electron chi connectivity index (χ3n) is 2.62. The van der Waals surface area contributed by atoms with Crippen LogP contribution in [-0.4, -0.2) is 51.5 Å². The molecule has 0 aromatic carbocycles. The number of nitrogens with one attached hydrogen (secondary N) is 2. The molecule has 0 radical (unpaired) electrons. The molecule has 8 heteroatoms. The van der Waals surface area contributed by atoms with Gasteiger partial charge >= 0.3 is 12.0 Å². The zero-order valence-electron chi connectivity index (χ0n) is 11.4. The van der Waals surface area contributed by atoms with Crippen molar-refractivity contribution in [1.82, 2.24) is 20.4 Å². The van der Waals surface area contributed by atoms with Crippen LogP contribution in [0.5, 0.6) is 0 Å². The monoisotopic (exact) mass is 300 g/mol. The first-order valence-electron chi connectivity index (χ1n) is 6.37. The number of hydrogen-bond acceptors (Lipinski definition) is 4. The second-order valence-electron chi connectivity index (χ2n) is 4.20. The van der Waals surface area contributed by atoms with E-state index in [0.29, 0.717) is 25.3 Å². The average Bonchev–Trinajstić information content (AvgIpc) is 2.92. The summed E-state index contributed by atoms with van der Waals surface area (Å²) in [6.45, 7) is 1.18. The van der Waals surface area contributed by atoms with Crippen LogP contribution >= 0.6 is 11.8 Å². The summed E-state index contributed by atoms with van der Waals surface area (Å²) in [7, 11) is 0. The fraction of sp³-hybridized carbons (Fsp3) is 0.583. The molecule has 3 N–H and O–H groups in total. The van der Waals surface area contributed by atoms with Crippen molar-refractivity contribution in [3.05, 3.63) is 18.5 Å². The molecule has 20 heavy (non-hydrogen) atoms. The first-order chi connectivity index (χ1) is 9.63. The van der Waals surface area contributed by atoms with Gasteiger partial charge in [-0.15, -0.1) is 0 Å². The van der Waals surface area contributed by atoms with Gasteiger partial charge in [0.25, 0.3) is 0 Å². The summed E-state index contributed by atoms with van der Waals surface area (Å²) in [6, 6.07) is 0.552. The predicted octanol–water partition coefficient (Wildman–Crippen LogP) is 0.779. The van der Waals surface area contributed by atoms with Crippen LogP contribution in [0.4, 0.5) is 4.79 Å². The van der Waals surface area contributed by atoms with E-state index >= 15 is 0 Å². The molecular formula is C12H20N4O3S. The number of urea groups is 1. The van der Waals surface area contributed by atoms with Gasteiger partial charge < -0.3 is 15.7 Å². The van der Waals surface area contributed by atoms with Crippen molar-refractivity contribution >= 4 is 23.8 Å². The highest BCUT2D eigenvalue weighted by Crippen LogP contribution is 2.00. The third-order valence-corrected chi connectivity index (χ3v) is 3.27. The van der Waals surface area contributed by atoms with Gasteiger partial charge in [-0.3, -0.25) is 4.68 Å². The Labute approximate surface area is 122 Å². The number of aliphatic carboxylic acids is 1. The molecule has 1 atom stereocenters. The molecular weight excluding hydrogens is 280 g/mol. The van der Waals surface area contributed by atoms with E-state index in [9.17, 15) is 9.59 Å². The lowest BCUT2D eigenvalue weighted by Gasteiger charge is -2.14. The van der Waals surface area contributed by atoms with Gasteiger partial charge in [0.05, 0.1) is 0 Å². The van der Waals surface area contributed by atoms with Crippen molar-refractivity contribution in [1.29, 1.82) is 0 Å². The van der Waals surface area contributed by atoms with Crippen LogP contribution in [-0.2, 0) is 11.3 Å². The minimum Gasteiger partial charge on any atom is -0.480 e. The Morgan fingerprint density at radius 1 is 1.50 bits per heavy atom. The SMILES string of the molecule is CSCC[C@@H](NC(=O)NCCCn1cccn1)C(=O)O. The highest BCUT2D eigenvalue weighted by molar-refractivity contribution is 7.98. The van der Waals surface area contributed by atoms with Crippen molar-refractivity contribution in [2.24, 2.45) is 0 Å². The molecule has 0 saturated heterocycles. The summed E-state index contributed by atoms with van der Waals surface area (Å²) in [5.41, 5.74) is 0. The quantitative estimate of drug-likeness (QED) is 0.586. The second kappa shape index (κ2) is 9.24. The molecule has 7 nitrogen and oxygen atoms in total. The molecule has 0 aliphatic heterocycles. The van der Waals surface area contributed by atoms with Gasteiger partial charge in [0.1, 0.15) is 6.04 Å². The Morgan fingerprint density at radius 2 is 2.30 bits per heavy atom. The normalized spacial score (nSPS) is 11.8. The molecule has 2 amide bonds. The van der Waals surface area contributed by atoms with E-state index in [2.05, 4.69) is 15.7 Å². The molecule has 0 aliphatic rings. The summed E-state index contributed by atoms with van der Waals surface area (Å²) in [6.07, 6.45) is 6.59. The molecule has 0 spiro atoms. The Kier molecular flexibility index (Phi) is 7.56. The van der Waals surface area contributed by atoms with E-state index in [-0.39, 0.29) is 0 Å². The third kappa shape index (κ3) is 6.46. The zero-order valence-corrected chi connectivity index (χ0v) is 12.2. The first-order valence-corrected chi connectivity index (χ1v) is 7.76. The van der Waals surface area contributed by atoms with Crippen molar-refractivity contribution < 1.29 is 14.7 Å². The Bertz CT molecular complexity index is 411. The maximum Gasteiger partial charge on any atom is 0.326 e. The van der Waals surface area contributed by atoms with E-state index < -0.39 is 18.0 Å². The number of thioether (sulfide) groups is 1. The molecule has 0 fully saturated rings. The largest absolute Gasteiger partial charge is 0.480 e. The number of carboxylic acid groups (broad SMARTS) is 1. The lowest BCUT2D eigenvalue weighted by Crippen LogP contribution is -2.46. The summed E-state index contributed by atoms with van der Waals surface area (Å²) in [5.74, 6) is -0.318. The van der Waals surface area contributed by atoms with Crippen LogP contribution < -0.4 is 10.6 Å². The number of hydrogen-bond donors (Lipinski definition) is 3. The summed E-state index contributed by atoms with van der Waals surface area (Å²) in [5, 5.41) is 18.1. The van der Waals surface area contributed by atoms with Gasteiger partial charge in [-0.2, -0.15) is 16.9 Å².